The van der Waals surface area contributed by atoms with E-state index in [1.165, 1.54) is 21.9 Å². The Labute approximate surface area is 148 Å². The van der Waals surface area contributed by atoms with Gasteiger partial charge in [-0.1, -0.05) is 62.9 Å². The Bertz CT molecular complexity index is 1110. The summed E-state index contributed by atoms with van der Waals surface area (Å²) in [4.78, 5) is 3.45. The van der Waals surface area contributed by atoms with Crippen LogP contribution in [0.2, 0.25) is 0 Å². The normalized spacial score (nSPS) is 11.5. The van der Waals surface area contributed by atoms with Crippen molar-refractivity contribution >= 4 is 21.8 Å². The van der Waals surface area contributed by atoms with Crippen LogP contribution in [0.4, 0.5) is 0 Å². The van der Waals surface area contributed by atoms with Gasteiger partial charge in [0, 0.05) is 32.9 Å². The number of para-hydroxylation sites is 1. The van der Waals surface area contributed by atoms with E-state index in [-0.39, 0.29) is 5.41 Å². The first-order chi connectivity index (χ1) is 12.0. The Morgan fingerprint density at radius 3 is 2.08 bits per heavy atom. The highest BCUT2D eigenvalue weighted by Gasteiger charge is 2.12. The minimum atomic E-state index is 0.173. The van der Waals surface area contributed by atoms with Crippen LogP contribution in [-0.2, 0) is 5.41 Å². The van der Waals surface area contributed by atoms with E-state index in [1.807, 2.05) is 0 Å². The van der Waals surface area contributed by atoms with Gasteiger partial charge in [0.05, 0.1) is 0 Å². The van der Waals surface area contributed by atoms with Crippen LogP contribution in [0, 0.1) is 11.8 Å². The fourth-order valence-corrected chi connectivity index (χ4v) is 3.12. The van der Waals surface area contributed by atoms with Gasteiger partial charge in [0.2, 0.25) is 0 Å². The van der Waals surface area contributed by atoms with Gasteiger partial charge in [-0.25, -0.2) is 0 Å². The lowest BCUT2D eigenvalue weighted by molar-refractivity contribution is 0.590. The molecule has 0 aliphatic rings. The van der Waals surface area contributed by atoms with Gasteiger partial charge in [0.15, 0.2) is 0 Å². The first-order valence-corrected chi connectivity index (χ1v) is 8.64. The second-order valence-corrected chi connectivity index (χ2v) is 7.51. The maximum absolute atomic E-state index is 3.45. The van der Waals surface area contributed by atoms with Crippen LogP contribution < -0.4 is 0 Å². The Balaban J connectivity index is 1.69. The van der Waals surface area contributed by atoms with Gasteiger partial charge in [-0.05, 0) is 47.4 Å². The molecular weight excluding hydrogens is 302 g/mol. The average molecular weight is 323 g/mol. The van der Waals surface area contributed by atoms with Gasteiger partial charge < -0.3 is 4.98 Å². The molecule has 0 radical (unpaired) electrons. The number of benzene rings is 3. The van der Waals surface area contributed by atoms with E-state index in [9.17, 15) is 0 Å². The lowest BCUT2D eigenvalue weighted by atomic mass is 9.87. The van der Waals surface area contributed by atoms with Crippen molar-refractivity contribution < 1.29 is 0 Å². The first kappa shape index (κ1) is 15.5. The van der Waals surface area contributed by atoms with Crippen molar-refractivity contribution in [3.05, 3.63) is 83.4 Å². The van der Waals surface area contributed by atoms with Gasteiger partial charge in [-0.15, -0.1) is 0 Å². The number of aromatic nitrogens is 1. The molecule has 3 aromatic carbocycles. The second-order valence-electron chi connectivity index (χ2n) is 7.51. The number of aromatic amines is 1. The lowest BCUT2D eigenvalue weighted by Crippen LogP contribution is -2.10. The number of hydrogen-bond acceptors (Lipinski definition) is 0. The quantitative estimate of drug-likeness (QED) is 0.381. The molecule has 0 amide bonds. The van der Waals surface area contributed by atoms with Crippen molar-refractivity contribution in [2.45, 2.75) is 26.2 Å². The molecule has 0 aliphatic heterocycles. The summed E-state index contributed by atoms with van der Waals surface area (Å²) in [6, 6.07) is 23.3. The Morgan fingerprint density at radius 2 is 1.32 bits per heavy atom. The van der Waals surface area contributed by atoms with Crippen LogP contribution >= 0.6 is 0 Å². The molecular formula is C24H21N. The number of H-pyrrole nitrogens is 1. The molecule has 0 spiro atoms. The van der Waals surface area contributed by atoms with Crippen molar-refractivity contribution in [2.24, 2.45) is 0 Å². The fraction of sp³-hybridized carbons (Fsp3) is 0.167. The molecule has 0 aliphatic carbocycles. The predicted octanol–water partition coefficient (Wildman–Crippen LogP) is 6.02. The number of fused-ring (bicyclic) bond motifs is 3. The molecule has 0 saturated carbocycles. The summed E-state index contributed by atoms with van der Waals surface area (Å²) < 4.78 is 0. The molecule has 1 aromatic heterocycles. The molecule has 0 unspecified atom stereocenters. The summed E-state index contributed by atoms with van der Waals surface area (Å²) in [5.74, 6) is 6.59. The molecule has 122 valence electrons. The van der Waals surface area contributed by atoms with Gasteiger partial charge in [-0.3, -0.25) is 0 Å². The van der Waals surface area contributed by atoms with Crippen LogP contribution in [0.1, 0.15) is 37.5 Å². The predicted molar refractivity (Wildman–Crippen MR) is 107 cm³/mol. The summed E-state index contributed by atoms with van der Waals surface area (Å²) in [7, 11) is 0. The Hall–Kier alpha value is -2.98. The van der Waals surface area contributed by atoms with E-state index < -0.39 is 0 Å². The highest BCUT2D eigenvalue weighted by Crippen LogP contribution is 2.26. The minimum absolute atomic E-state index is 0.173. The molecule has 4 aromatic rings. The van der Waals surface area contributed by atoms with Crippen LogP contribution in [0.5, 0.6) is 0 Å². The molecule has 1 nitrogen and oxygen atoms in total. The fourth-order valence-electron chi connectivity index (χ4n) is 3.12. The monoisotopic (exact) mass is 323 g/mol. The zero-order valence-electron chi connectivity index (χ0n) is 14.9. The van der Waals surface area contributed by atoms with Gasteiger partial charge in [0.1, 0.15) is 0 Å². The van der Waals surface area contributed by atoms with Crippen molar-refractivity contribution in [3.63, 3.8) is 0 Å². The SMILES string of the molecule is CC(C)(C)c1ccc(C#Cc2ccc3[nH]c4ccccc4c3c2)cc1. The molecule has 4 rings (SSSR count). The van der Waals surface area contributed by atoms with Crippen molar-refractivity contribution in [3.8, 4) is 11.8 Å². The third-order valence-corrected chi connectivity index (χ3v) is 4.61. The lowest BCUT2D eigenvalue weighted by Gasteiger charge is -2.18. The van der Waals surface area contributed by atoms with E-state index in [0.29, 0.717) is 0 Å². The van der Waals surface area contributed by atoms with Gasteiger partial charge in [0.25, 0.3) is 0 Å². The van der Waals surface area contributed by atoms with Crippen LogP contribution in [0.15, 0.2) is 66.7 Å². The first-order valence-electron chi connectivity index (χ1n) is 8.64. The Morgan fingerprint density at radius 1 is 0.680 bits per heavy atom. The zero-order valence-corrected chi connectivity index (χ0v) is 14.9. The zero-order chi connectivity index (χ0) is 17.4. The van der Waals surface area contributed by atoms with E-state index in [2.05, 4.69) is 104 Å². The number of nitrogens with one attached hydrogen (secondary N) is 1. The molecule has 0 saturated heterocycles. The second kappa shape index (κ2) is 5.83. The van der Waals surface area contributed by atoms with E-state index in [4.69, 9.17) is 0 Å². The van der Waals surface area contributed by atoms with Crippen molar-refractivity contribution in [2.75, 3.05) is 0 Å². The molecule has 1 heterocycles. The van der Waals surface area contributed by atoms with Crippen LogP contribution in [-0.4, -0.2) is 4.98 Å². The maximum atomic E-state index is 3.45. The molecule has 0 atom stereocenters. The van der Waals surface area contributed by atoms with Crippen molar-refractivity contribution in [1.29, 1.82) is 0 Å². The standard InChI is InChI=1S/C24H21N/c1-24(2,3)19-13-10-17(11-14-19)8-9-18-12-15-23-21(16-18)20-6-4-5-7-22(20)25-23/h4-7,10-16,25H,1-3H3. The molecule has 1 heteroatoms. The Kier molecular flexibility index (Phi) is 3.62. The van der Waals surface area contributed by atoms with E-state index in [0.717, 1.165) is 16.6 Å². The smallest absolute Gasteiger partial charge is 0.0465 e. The molecule has 1 N–H and O–H groups in total. The third kappa shape index (κ3) is 3.04. The summed E-state index contributed by atoms with van der Waals surface area (Å²) in [5.41, 5.74) is 5.91. The number of hydrogen-bond donors (Lipinski definition) is 1. The highest BCUT2D eigenvalue weighted by atomic mass is 14.7. The van der Waals surface area contributed by atoms with E-state index >= 15 is 0 Å². The summed E-state index contributed by atoms with van der Waals surface area (Å²) in [5, 5.41) is 2.47. The average Bonchev–Trinajstić information content (AvgIpc) is 2.97. The highest BCUT2D eigenvalue weighted by molar-refractivity contribution is 6.07. The largest absolute Gasteiger partial charge is 0.355 e. The number of rotatable bonds is 0. The molecule has 0 bridgehead atoms. The maximum Gasteiger partial charge on any atom is 0.0465 e. The summed E-state index contributed by atoms with van der Waals surface area (Å²) in [6.07, 6.45) is 0. The third-order valence-electron chi connectivity index (χ3n) is 4.61. The molecule has 0 fully saturated rings. The topological polar surface area (TPSA) is 15.8 Å². The van der Waals surface area contributed by atoms with Crippen LogP contribution in [0.3, 0.4) is 0 Å². The van der Waals surface area contributed by atoms with Crippen molar-refractivity contribution in [1.82, 2.24) is 4.98 Å². The van der Waals surface area contributed by atoms with Gasteiger partial charge in [-0.2, -0.15) is 0 Å². The van der Waals surface area contributed by atoms with Gasteiger partial charge >= 0.3 is 0 Å². The van der Waals surface area contributed by atoms with Crippen LogP contribution in [0.25, 0.3) is 21.8 Å². The van der Waals surface area contributed by atoms with E-state index in [1.54, 1.807) is 0 Å². The summed E-state index contributed by atoms with van der Waals surface area (Å²) >= 11 is 0. The molecule has 25 heavy (non-hydrogen) atoms. The summed E-state index contributed by atoms with van der Waals surface area (Å²) in [6.45, 7) is 6.68. The minimum Gasteiger partial charge on any atom is -0.355 e.